The Labute approximate surface area is 134 Å². The Morgan fingerprint density at radius 1 is 1.23 bits per heavy atom. The van der Waals surface area contributed by atoms with E-state index in [4.69, 9.17) is 4.42 Å². The second-order valence-corrected chi connectivity index (χ2v) is 5.39. The summed E-state index contributed by atoms with van der Waals surface area (Å²) in [5, 5.41) is 0. The van der Waals surface area contributed by atoms with Gasteiger partial charge in [-0.25, -0.2) is 0 Å². The van der Waals surface area contributed by atoms with E-state index in [1.807, 2.05) is 0 Å². The van der Waals surface area contributed by atoms with E-state index in [9.17, 15) is 14.4 Å². The summed E-state index contributed by atoms with van der Waals surface area (Å²) < 4.78 is 5.93. The molecule has 0 fully saturated rings. The quantitative estimate of drug-likeness (QED) is 0.643. The maximum absolute atomic E-state index is 12.1. The summed E-state index contributed by atoms with van der Waals surface area (Å²) in [4.78, 5) is 35.5. The zero-order chi connectivity index (χ0) is 16.3. The number of hydrogen-bond donors (Lipinski definition) is 2. The van der Waals surface area contributed by atoms with Gasteiger partial charge in [-0.1, -0.05) is 12.1 Å². The second-order valence-electron chi connectivity index (χ2n) is 4.54. The van der Waals surface area contributed by atoms with Crippen LogP contribution in [0.2, 0.25) is 0 Å². The maximum Gasteiger partial charge on any atom is 0.270 e. The molecule has 0 aliphatic heterocycles. The normalized spacial score (nSPS) is 10.1. The lowest BCUT2D eigenvalue weighted by Crippen LogP contribution is -2.31. The molecule has 0 atom stereocenters. The SMILES string of the molecule is CC(=O)c1c(NNC(=O)c2ccccc2Br)oc(C)cc1=O. The molecule has 2 aromatic rings. The van der Waals surface area contributed by atoms with Crippen molar-refractivity contribution in [1.82, 2.24) is 5.43 Å². The molecule has 1 heterocycles. The zero-order valence-corrected chi connectivity index (χ0v) is 13.5. The third kappa shape index (κ3) is 3.43. The van der Waals surface area contributed by atoms with Crippen LogP contribution in [0.3, 0.4) is 0 Å². The minimum absolute atomic E-state index is 0.0853. The first-order valence-electron chi connectivity index (χ1n) is 6.36. The largest absolute Gasteiger partial charge is 0.443 e. The monoisotopic (exact) mass is 364 g/mol. The van der Waals surface area contributed by atoms with Crippen molar-refractivity contribution in [2.24, 2.45) is 0 Å². The summed E-state index contributed by atoms with van der Waals surface area (Å²) >= 11 is 3.27. The lowest BCUT2D eigenvalue weighted by molar-refractivity contribution is 0.0957. The molecule has 0 aliphatic carbocycles. The molecule has 0 saturated carbocycles. The van der Waals surface area contributed by atoms with Gasteiger partial charge in [-0.15, -0.1) is 0 Å². The summed E-state index contributed by atoms with van der Waals surface area (Å²) in [7, 11) is 0. The summed E-state index contributed by atoms with van der Waals surface area (Å²) in [5.74, 6) is -0.650. The first-order valence-corrected chi connectivity index (χ1v) is 7.16. The van der Waals surface area contributed by atoms with Gasteiger partial charge in [0.05, 0.1) is 5.56 Å². The highest BCUT2D eigenvalue weighted by Gasteiger charge is 2.16. The number of anilines is 1. The number of carbonyl (C=O) groups excluding carboxylic acids is 2. The van der Waals surface area contributed by atoms with Crippen molar-refractivity contribution >= 4 is 33.5 Å². The smallest absolute Gasteiger partial charge is 0.270 e. The van der Waals surface area contributed by atoms with E-state index in [-0.39, 0.29) is 11.4 Å². The highest BCUT2D eigenvalue weighted by molar-refractivity contribution is 9.10. The molecule has 0 saturated heterocycles. The van der Waals surface area contributed by atoms with E-state index in [2.05, 4.69) is 26.8 Å². The number of benzene rings is 1. The summed E-state index contributed by atoms with van der Waals surface area (Å²) in [6, 6.07) is 8.06. The number of rotatable bonds is 4. The van der Waals surface area contributed by atoms with Gasteiger partial charge in [-0.05, 0) is 41.9 Å². The third-order valence-electron chi connectivity index (χ3n) is 2.83. The van der Waals surface area contributed by atoms with Crippen LogP contribution in [0.4, 0.5) is 5.88 Å². The minimum Gasteiger partial charge on any atom is -0.443 e. The highest BCUT2D eigenvalue weighted by atomic mass is 79.9. The van der Waals surface area contributed by atoms with Gasteiger partial charge in [-0.3, -0.25) is 25.2 Å². The van der Waals surface area contributed by atoms with Crippen LogP contribution in [-0.2, 0) is 0 Å². The van der Waals surface area contributed by atoms with Crippen molar-refractivity contribution in [1.29, 1.82) is 0 Å². The topological polar surface area (TPSA) is 88.4 Å². The molecule has 0 spiro atoms. The molecule has 6 nitrogen and oxygen atoms in total. The van der Waals surface area contributed by atoms with Gasteiger partial charge >= 0.3 is 0 Å². The van der Waals surface area contributed by atoms with Crippen LogP contribution in [0.5, 0.6) is 0 Å². The Kier molecular flexibility index (Phi) is 4.77. The predicted molar refractivity (Wildman–Crippen MR) is 85.0 cm³/mol. The lowest BCUT2D eigenvalue weighted by atomic mass is 10.2. The van der Waals surface area contributed by atoms with Crippen molar-refractivity contribution in [3.8, 4) is 0 Å². The van der Waals surface area contributed by atoms with Crippen molar-refractivity contribution < 1.29 is 14.0 Å². The van der Waals surface area contributed by atoms with Crippen LogP contribution in [0.25, 0.3) is 0 Å². The van der Waals surface area contributed by atoms with Crippen molar-refractivity contribution in [2.75, 3.05) is 5.43 Å². The number of Topliss-reactive ketones (excluding diaryl/α,β-unsaturated/α-hetero) is 1. The van der Waals surface area contributed by atoms with Gasteiger partial charge in [0.2, 0.25) is 5.88 Å². The number of amides is 1. The molecular weight excluding hydrogens is 352 g/mol. The maximum atomic E-state index is 12.1. The fourth-order valence-electron chi connectivity index (χ4n) is 1.86. The number of hydrogen-bond acceptors (Lipinski definition) is 5. The number of nitrogens with one attached hydrogen (secondary N) is 2. The standard InChI is InChI=1S/C15H13BrN2O4/c1-8-7-12(20)13(9(2)19)15(22-8)18-17-14(21)10-5-3-4-6-11(10)16/h3-7,18H,1-2H3,(H,17,21). The average molecular weight is 365 g/mol. The molecule has 1 aromatic carbocycles. The van der Waals surface area contributed by atoms with Gasteiger partial charge in [0.25, 0.3) is 5.91 Å². The molecule has 7 heteroatoms. The second kappa shape index (κ2) is 6.57. The van der Waals surface area contributed by atoms with E-state index >= 15 is 0 Å². The molecule has 0 aliphatic rings. The number of aryl methyl sites for hydroxylation is 1. The van der Waals surface area contributed by atoms with Crippen LogP contribution in [-0.4, -0.2) is 11.7 Å². The molecule has 2 N–H and O–H groups in total. The fraction of sp³-hybridized carbons (Fsp3) is 0.133. The minimum atomic E-state index is -0.464. The molecule has 114 valence electrons. The Hall–Kier alpha value is -2.41. The molecule has 1 aromatic heterocycles. The average Bonchev–Trinajstić information content (AvgIpc) is 2.44. The molecule has 22 heavy (non-hydrogen) atoms. The molecule has 0 radical (unpaired) electrons. The highest BCUT2D eigenvalue weighted by Crippen LogP contribution is 2.17. The van der Waals surface area contributed by atoms with E-state index < -0.39 is 17.1 Å². The number of halogens is 1. The summed E-state index contributed by atoms with van der Waals surface area (Å²) in [6.07, 6.45) is 0. The van der Waals surface area contributed by atoms with Crippen LogP contribution < -0.4 is 16.3 Å². The summed E-state index contributed by atoms with van der Waals surface area (Å²) in [5.41, 5.74) is 4.69. The molecule has 2 rings (SSSR count). The van der Waals surface area contributed by atoms with Gasteiger partial charge in [0.1, 0.15) is 11.3 Å². The Balaban J connectivity index is 2.26. The molecule has 0 bridgehead atoms. The fourth-order valence-corrected chi connectivity index (χ4v) is 2.32. The lowest BCUT2D eigenvalue weighted by Gasteiger charge is -2.11. The predicted octanol–water partition coefficient (Wildman–Crippen LogP) is 2.67. The van der Waals surface area contributed by atoms with E-state index in [1.54, 1.807) is 31.2 Å². The van der Waals surface area contributed by atoms with Crippen LogP contribution >= 0.6 is 15.9 Å². The van der Waals surface area contributed by atoms with Gasteiger partial charge in [0.15, 0.2) is 11.2 Å². The first-order chi connectivity index (χ1) is 10.4. The summed E-state index contributed by atoms with van der Waals surface area (Å²) in [6.45, 7) is 2.83. The zero-order valence-electron chi connectivity index (χ0n) is 11.9. The molecule has 0 unspecified atom stereocenters. The van der Waals surface area contributed by atoms with Crippen molar-refractivity contribution in [3.63, 3.8) is 0 Å². The number of carbonyl (C=O) groups is 2. The van der Waals surface area contributed by atoms with Crippen molar-refractivity contribution in [2.45, 2.75) is 13.8 Å². The van der Waals surface area contributed by atoms with Gasteiger partial charge in [-0.2, -0.15) is 0 Å². The van der Waals surface area contributed by atoms with E-state index in [0.29, 0.717) is 15.8 Å². The van der Waals surface area contributed by atoms with Crippen molar-refractivity contribution in [3.05, 3.63) is 61.9 Å². The van der Waals surface area contributed by atoms with Gasteiger partial charge in [0, 0.05) is 10.5 Å². The van der Waals surface area contributed by atoms with Crippen LogP contribution in [0, 0.1) is 6.92 Å². The Morgan fingerprint density at radius 3 is 2.55 bits per heavy atom. The Morgan fingerprint density at radius 2 is 1.91 bits per heavy atom. The van der Waals surface area contributed by atoms with E-state index in [0.717, 1.165) is 0 Å². The van der Waals surface area contributed by atoms with Crippen LogP contribution in [0.1, 0.15) is 33.4 Å². The van der Waals surface area contributed by atoms with Crippen LogP contribution in [0.15, 0.2) is 44.0 Å². The number of ketones is 1. The van der Waals surface area contributed by atoms with E-state index in [1.165, 1.54) is 13.0 Å². The molecular formula is C15H13BrN2O4. The Bertz CT molecular complexity index is 798. The third-order valence-corrected chi connectivity index (χ3v) is 3.52. The van der Waals surface area contributed by atoms with Gasteiger partial charge < -0.3 is 4.42 Å². The number of hydrazine groups is 1. The first kappa shape index (κ1) is 16.0. The molecule has 1 amide bonds.